The molecule has 5 heterocycles. The summed E-state index contributed by atoms with van der Waals surface area (Å²) < 4.78 is 94.3. The van der Waals surface area contributed by atoms with Crippen molar-refractivity contribution < 1.29 is 116 Å². The fourth-order valence-electron chi connectivity index (χ4n) is 16.1. The number of aliphatic hydroxyl groups excluding tert-OH is 4. The number of esters is 1. The van der Waals surface area contributed by atoms with Gasteiger partial charge < -0.3 is 107 Å². The van der Waals surface area contributed by atoms with Gasteiger partial charge in [-0.25, -0.2) is 4.79 Å². The van der Waals surface area contributed by atoms with Crippen molar-refractivity contribution in [3.8, 4) is 0 Å². The van der Waals surface area contributed by atoms with E-state index in [4.69, 9.17) is 71.1 Å². The Bertz CT molecular complexity index is 2390. The topological polar surface area (TPSA) is 314 Å². The van der Waals surface area contributed by atoms with Crippen molar-refractivity contribution in [2.45, 2.75) is 298 Å². The quantitative estimate of drug-likeness (QED) is 0.0555. The number of allylic oxidation sites excluding steroid dienone is 1. The maximum atomic E-state index is 13.6. The van der Waals surface area contributed by atoms with Crippen LogP contribution in [0.5, 0.6) is 0 Å². The molecule has 29 atom stereocenters. The first-order chi connectivity index (χ1) is 40.5. The molecule has 4 aliphatic carbocycles. The minimum atomic E-state index is -2.04. The molecular weight excluding hydrogens is 1130 g/mol. The van der Waals surface area contributed by atoms with Gasteiger partial charge in [0.05, 0.1) is 67.0 Å². The fraction of sp³-hybridized carbons (Fsp3) is 0.903. The number of carbonyl (C=O) groups is 2. The van der Waals surface area contributed by atoms with E-state index in [0.717, 1.165) is 11.1 Å². The van der Waals surface area contributed by atoms with E-state index in [1.54, 1.807) is 35.2 Å². The first kappa shape index (κ1) is 68.2. The highest BCUT2D eigenvalue weighted by Crippen LogP contribution is 2.71. The Labute approximate surface area is 505 Å². The average molecular weight is 1230 g/mol. The number of aliphatic hydroxyl groups is 7. The Balaban J connectivity index is 0.779. The Morgan fingerprint density at radius 1 is 0.640 bits per heavy atom. The van der Waals surface area contributed by atoms with Crippen molar-refractivity contribution in [3.63, 3.8) is 0 Å². The molecule has 0 bridgehead atoms. The summed E-state index contributed by atoms with van der Waals surface area (Å²) in [5, 5.41) is 79.0. The fourth-order valence-corrected chi connectivity index (χ4v) is 16.1. The van der Waals surface area contributed by atoms with Crippen LogP contribution in [-0.4, -0.2) is 241 Å². The lowest BCUT2D eigenvalue weighted by atomic mass is 9.42. The van der Waals surface area contributed by atoms with Crippen molar-refractivity contribution in [1.29, 1.82) is 0 Å². The number of methoxy groups -OCH3 is 4. The molecule has 3 saturated carbocycles. The van der Waals surface area contributed by atoms with Crippen molar-refractivity contribution in [2.75, 3.05) is 35.0 Å². The van der Waals surface area contributed by atoms with E-state index in [-0.39, 0.29) is 44.1 Å². The van der Waals surface area contributed by atoms with Crippen LogP contribution in [-0.2, 0) is 80.6 Å². The second-order valence-electron chi connectivity index (χ2n) is 26.7. The zero-order valence-corrected chi connectivity index (χ0v) is 52.6. The maximum absolute atomic E-state index is 13.6. The monoisotopic (exact) mass is 1230 g/mol. The zero-order valence-electron chi connectivity index (χ0n) is 52.6. The largest absolute Gasteiger partial charge is 0.458 e. The summed E-state index contributed by atoms with van der Waals surface area (Å²) in [7, 11) is 6.35. The van der Waals surface area contributed by atoms with Gasteiger partial charge in [0.1, 0.15) is 71.7 Å². The van der Waals surface area contributed by atoms with E-state index < -0.39 is 187 Å². The van der Waals surface area contributed by atoms with Gasteiger partial charge >= 0.3 is 5.97 Å². The van der Waals surface area contributed by atoms with Crippen LogP contribution in [0.15, 0.2) is 23.3 Å². The Morgan fingerprint density at radius 2 is 1.10 bits per heavy atom. The molecule has 0 aromatic heterocycles. The Hall–Kier alpha value is -2.22. The van der Waals surface area contributed by atoms with Gasteiger partial charge in [0.15, 0.2) is 37.2 Å². The molecule has 24 nitrogen and oxygen atoms in total. The predicted molar refractivity (Wildman–Crippen MR) is 301 cm³/mol. The Morgan fingerprint density at radius 3 is 1.55 bits per heavy atom. The van der Waals surface area contributed by atoms with Crippen molar-refractivity contribution in [3.05, 3.63) is 23.3 Å². The van der Waals surface area contributed by atoms with Crippen LogP contribution in [0, 0.1) is 22.7 Å². The van der Waals surface area contributed by atoms with Gasteiger partial charge in [-0.3, -0.25) is 4.79 Å². The van der Waals surface area contributed by atoms with Gasteiger partial charge in [0.2, 0.25) is 0 Å². The normalized spacial score (nSPS) is 50.0. The van der Waals surface area contributed by atoms with E-state index >= 15 is 0 Å². The molecular formula is C62H100O24. The highest BCUT2D eigenvalue weighted by atomic mass is 16.8. The first-order valence-corrected chi connectivity index (χ1v) is 31.1. The third-order valence-corrected chi connectivity index (χ3v) is 21.7. The Kier molecular flexibility index (Phi) is 21.2. The van der Waals surface area contributed by atoms with Crippen molar-refractivity contribution in [1.82, 2.24) is 0 Å². The number of ketones is 1. The molecule has 0 spiro atoms. The second kappa shape index (κ2) is 26.8. The summed E-state index contributed by atoms with van der Waals surface area (Å²) in [4.78, 5) is 27.0. The van der Waals surface area contributed by atoms with Crippen LogP contribution in [0.4, 0.5) is 0 Å². The van der Waals surface area contributed by atoms with Gasteiger partial charge in [-0.1, -0.05) is 38.0 Å². The summed E-state index contributed by atoms with van der Waals surface area (Å²) in [6.07, 6.45) is -11.6. The van der Waals surface area contributed by atoms with E-state index in [0.29, 0.717) is 38.5 Å². The summed E-state index contributed by atoms with van der Waals surface area (Å²) in [6.45, 7) is 17.6. The number of ether oxygens (including phenoxy) is 15. The van der Waals surface area contributed by atoms with Crippen molar-refractivity contribution >= 4 is 11.8 Å². The summed E-state index contributed by atoms with van der Waals surface area (Å²) in [5.41, 5.74) is -6.22. The molecule has 9 rings (SSSR count). The lowest BCUT2D eigenvalue weighted by Crippen LogP contribution is -2.78. The van der Waals surface area contributed by atoms with Gasteiger partial charge in [0, 0.05) is 66.1 Å². The maximum Gasteiger partial charge on any atom is 0.330 e. The number of carbonyl (C=O) groups excluding carboxylic acids is 2. The second-order valence-corrected chi connectivity index (χ2v) is 26.7. The number of hydrogen-bond acceptors (Lipinski definition) is 24. The molecule has 24 heteroatoms. The molecule has 5 saturated heterocycles. The van der Waals surface area contributed by atoms with Crippen LogP contribution in [0.1, 0.15) is 140 Å². The van der Waals surface area contributed by atoms with Gasteiger partial charge in [0.25, 0.3) is 0 Å². The molecule has 0 unspecified atom stereocenters. The highest BCUT2D eigenvalue weighted by Gasteiger charge is 2.81. The average Bonchev–Trinajstić information content (AvgIpc) is 1.34. The van der Waals surface area contributed by atoms with Crippen molar-refractivity contribution in [2.24, 2.45) is 22.7 Å². The van der Waals surface area contributed by atoms with Crippen LogP contribution in [0.3, 0.4) is 0 Å². The number of hydrogen-bond donors (Lipinski definition) is 7. The molecule has 0 radical (unpaired) electrons. The van der Waals surface area contributed by atoms with Gasteiger partial charge in [-0.15, -0.1) is 0 Å². The summed E-state index contributed by atoms with van der Waals surface area (Å²) in [6, 6.07) is 0. The summed E-state index contributed by atoms with van der Waals surface area (Å²) in [5.74, 6) is -1.67. The molecule has 492 valence electrons. The zero-order chi connectivity index (χ0) is 62.7. The third kappa shape index (κ3) is 12.4. The molecule has 0 aromatic rings. The third-order valence-electron chi connectivity index (χ3n) is 21.7. The lowest BCUT2D eigenvalue weighted by molar-refractivity contribution is -0.358. The molecule has 5 aliphatic heterocycles. The van der Waals surface area contributed by atoms with Crippen LogP contribution in [0.25, 0.3) is 0 Å². The highest BCUT2D eigenvalue weighted by molar-refractivity contribution is 5.87. The van der Waals surface area contributed by atoms with Gasteiger partial charge in [-0.2, -0.15) is 0 Å². The molecule has 0 aromatic carbocycles. The minimum Gasteiger partial charge on any atom is -0.458 e. The van der Waals surface area contributed by atoms with E-state index in [1.165, 1.54) is 20.1 Å². The van der Waals surface area contributed by atoms with Crippen LogP contribution in [0.2, 0.25) is 0 Å². The SMILES string of the molecule is CO[C@H]1C[C@H](O[C@H]2CC[C@@]3(C)C(=CC[C@]4(O)[C@@H]3C[C@@H](OC(=O)/C=C(/C)C(C)C)[C@@]3(C)[C@]4(O)CC[C@@]3(O)C(C)=O)C2)O[C@H](C)[C@H]1O[C@H]1C[C@H](OC)[C@H](O[C@H]2C[C@@H](OC)[C@H](O[C@H]3C[C@H](OC)[C@H](O[C@@H]4O[C@H](CO)[C@@H](O)[C@H](O)[C@H]4O)[C@@H](C)O3)[C@@H](C)O2)[C@@H](C)O1. The molecule has 86 heavy (non-hydrogen) atoms. The number of fused-ring (bicyclic) bond motifs is 5. The van der Waals surface area contributed by atoms with E-state index in [1.807, 2.05) is 47.6 Å². The van der Waals surface area contributed by atoms with Gasteiger partial charge in [-0.05, 0) is 105 Å². The van der Waals surface area contributed by atoms with Crippen LogP contribution >= 0.6 is 0 Å². The van der Waals surface area contributed by atoms with E-state index in [2.05, 4.69) is 6.92 Å². The van der Waals surface area contributed by atoms with E-state index in [9.17, 15) is 45.3 Å². The number of Topliss-reactive ketones (excluding diaryl/α,β-unsaturated/α-hetero) is 1. The molecule has 8 fully saturated rings. The smallest absolute Gasteiger partial charge is 0.330 e. The predicted octanol–water partition coefficient (Wildman–Crippen LogP) is 2.95. The van der Waals surface area contributed by atoms with Crippen LogP contribution < -0.4 is 0 Å². The number of rotatable bonds is 19. The first-order valence-electron chi connectivity index (χ1n) is 31.1. The molecule has 0 amide bonds. The molecule has 9 aliphatic rings. The minimum absolute atomic E-state index is 0.0490. The lowest BCUT2D eigenvalue weighted by Gasteiger charge is -2.67. The summed E-state index contributed by atoms with van der Waals surface area (Å²) >= 11 is 0. The standard InChI is InChI=1S/C62H100O24/c1-29(2)30(3)21-45(65)82-44-27-43-58(9)17-16-37(22-36(58)15-18-61(43,70)62(71)20-19-60(69,35(8)64)59(44,62)10)80-46-23-38(72-11)53(31(4)76-46)83-47-24-39(73-12)54(32(5)77-47)84-48-25-40(74-13)55(33(6)78-48)85-49-26-41(75-14)56(34(7)79-49)86-57-52(68)51(67)50(66)42(28-63)81-57/h15,21,29,31-34,37-44,46-57,63,66-71H,16-20,22-28H2,1-14H3/b30-21-/t31-,32-,33-,34-,37+,38+,39+,40-,41+,42-,43-,44-,46+,47+,48+,49+,50-,51+,52-,53-,54-,55-,56-,57+,58+,59-,60-,61+,62-/m1/s1. The molecule has 7 N–H and O–H groups in total.